The zero-order valence-corrected chi connectivity index (χ0v) is 18.6. The van der Waals surface area contributed by atoms with Crippen molar-refractivity contribution >= 4 is 29.0 Å². The van der Waals surface area contributed by atoms with E-state index in [-0.39, 0.29) is 12.2 Å². The minimum atomic E-state index is -0.513. The molecule has 0 heterocycles. The van der Waals surface area contributed by atoms with E-state index < -0.39 is 5.97 Å². The standard InChI is InChI=1S/C26H25ClN2O3/c1-3-31-26(30)19(2)15-25(29(28)23-13-8-12-22(27)17-23)21-11-7-14-24(16-21)32-18-20-9-5-4-6-10-20/h4-17H,2-3,18,28H2,1H3/b25-15-. The lowest BCUT2D eigenvalue weighted by atomic mass is 10.1. The van der Waals surface area contributed by atoms with Crippen LogP contribution in [0.1, 0.15) is 18.1 Å². The second-order valence-electron chi connectivity index (χ2n) is 6.93. The minimum absolute atomic E-state index is 0.176. The molecule has 5 nitrogen and oxygen atoms in total. The number of halogens is 1. The molecular weight excluding hydrogens is 424 g/mol. The average molecular weight is 449 g/mol. The molecule has 6 heteroatoms. The number of hydrazine groups is 1. The quantitative estimate of drug-likeness (QED) is 0.148. The van der Waals surface area contributed by atoms with E-state index in [0.29, 0.717) is 28.8 Å². The van der Waals surface area contributed by atoms with Crippen molar-refractivity contribution in [1.82, 2.24) is 0 Å². The number of anilines is 1. The second kappa shape index (κ2) is 11.2. The van der Waals surface area contributed by atoms with E-state index in [1.807, 2.05) is 60.7 Å². The Labute approximate surface area is 193 Å². The van der Waals surface area contributed by atoms with E-state index in [2.05, 4.69) is 6.58 Å². The van der Waals surface area contributed by atoms with Crippen molar-refractivity contribution in [2.75, 3.05) is 11.6 Å². The Kier molecular flexibility index (Phi) is 8.08. The summed E-state index contributed by atoms with van der Waals surface area (Å²) in [7, 11) is 0. The van der Waals surface area contributed by atoms with Gasteiger partial charge in [0.15, 0.2) is 0 Å². The van der Waals surface area contributed by atoms with Gasteiger partial charge in [0.05, 0.1) is 23.6 Å². The molecule has 0 aliphatic heterocycles. The number of ether oxygens (including phenoxy) is 2. The van der Waals surface area contributed by atoms with Crippen molar-refractivity contribution in [1.29, 1.82) is 0 Å². The van der Waals surface area contributed by atoms with Crippen molar-refractivity contribution in [3.63, 3.8) is 0 Å². The third-order valence-electron chi connectivity index (χ3n) is 4.57. The maximum atomic E-state index is 12.2. The van der Waals surface area contributed by atoms with Crippen LogP contribution in [0, 0.1) is 0 Å². The third kappa shape index (κ3) is 6.23. The fraction of sp³-hybridized carbons (Fsp3) is 0.115. The van der Waals surface area contributed by atoms with Crippen LogP contribution in [0.15, 0.2) is 97.1 Å². The van der Waals surface area contributed by atoms with Crippen LogP contribution in [0.5, 0.6) is 5.75 Å². The Morgan fingerprint density at radius 1 is 1.06 bits per heavy atom. The van der Waals surface area contributed by atoms with Crippen LogP contribution in [0.25, 0.3) is 5.70 Å². The lowest BCUT2D eigenvalue weighted by Crippen LogP contribution is -2.29. The molecule has 0 atom stereocenters. The number of hydrogen-bond donors (Lipinski definition) is 1. The predicted octanol–water partition coefficient (Wildman–Crippen LogP) is 5.76. The lowest BCUT2D eigenvalue weighted by Gasteiger charge is -2.23. The SMILES string of the molecule is C=C(/C=C(/c1cccc(OCc2ccccc2)c1)N(N)c1cccc(Cl)c1)C(=O)OCC. The molecule has 0 spiro atoms. The van der Waals surface area contributed by atoms with Crippen LogP contribution >= 0.6 is 11.6 Å². The molecule has 3 aromatic carbocycles. The smallest absolute Gasteiger partial charge is 0.337 e. The van der Waals surface area contributed by atoms with Gasteiger partial charge in [-0.3, -0.25) is 5.01 Å². The Bertz CT molecular complexity index is 1110. The van der Waals surface area contributed by atoms with Gasteiger partial charge in [-0.05, 0) is 48.9 Å². The first-order chi connectivity index (χ1) is 15.5. The van der Waals surface area contributed by atoms with Gasteiger partial charge >= 0.3 is 5.97 Å². The van der Waals surface area contributed by atoms with Gasteiger partial charge in [0.1, 0.15) is 12.4 Å². The maximum Gasteiger partial charge on any atom is 0.337 e. The van der Waals surface area contributed by atoms with Gasteiger partial charge in [0, 0.05) is 10.6 Å². The third-order valence-corrected chi connectivity index (χ3v) is 4.81. The van der Waals surface area contributed by atoms with E-state index in [9.17, 15) is 4.79 Å². The van der Waals surface area contributed by atoms with Crippen LogP contribution in [0.4, 0.5) is 5.69 Å². The first-order valence-corrected chi connectivity index (χ1v) is 10.5. The number of nitrogens with two attached hydrogens (primary N) is 1. The summed E-state index contributed by atoms with van der Waals surface area (Å²) < 4.78 is 11.0. The molecular formula is C26H25ClN2O3. The van der Waals surface area contributed by atoms with Gasteiger partial charge in [0.2, 0.25) is 0 Å². The fourth-order valence-electron chi connectivity index (χ4n) is 2.99. The summed E-state index contributed by atoms with van der Waals surface area (Å²) in [4.78, 5) is 12.2. The van der Waals surface area contributed by atoms with E-state index in [1.54, 1.807) is 31.2 Å². The van der Waals surface area contributed by atoms with Crippen molar-refractivity contribution in [2.45, 2.75) is 13.5 Å². The molecule has 164 valence electrons. The number of rotatable bonds is 9. The molecule has 3 rings (SSSR count). The Balaban J connectivity index is 1.93. The normalized spacial score (nSPS) is 11.0. The second-order valence-corrected chi connectivity index (χ2v) is 7.36. The molecule has 0 radical (unpaired) electrons. The number of carbonyl (C=O) groups excluding carboxylic acids is 1. The van der Waals surface area contributed by atoms with E-state index in [1.165, 1.54) is 5.01 Å². The molecule has 0 aliphatic rings. The average Bonchev–Trinajstić information content (AvgIpc) is 2.81. The molecule has 2 N–H and O–H groups in total. The summed E-state index contributed by atoms with van der Waals surface area (Å²) in [6, 6.07) is 24.5. The monoisotopic (exact) mass is 448 g/mol. The van der Waals surface area contributed by atoms with Crippen LogP contribution in [0.3, 0.4) is 0 Å². The Morgan fingerprint density at radius 2 is 1.81 bits per heavy atom. The summed E-state index contributed by atoms with van der Waals surface area (Å²) >= 11 is 6.15. The van der Waals surface area contributed by atoms with E-state index in [4.69, 9.17) is 26.9 Å². The Hall–Kier alpha value is -3.54. The van der Waals surface area contributed by atoms with Gasteiger partial charge < -0.3 is 9.47 Å². The zero-order valence-electron chi connectivity index (χ0n) is 17.8. The number of benzene rings is 3. The molecule has 0 unspecified atom stereocenters. The number of esters is 1. The van der Waals surface area contributed by atoms with Crippen LogP contribution in [0.2, 0.25) is 5.02 Å². The molecule has 32 heavy (non-hydrogen) atoms. The molecule has 3 aromatic rings. The largest absolute Gasteiger partial charge is 0.489 e. The highest BCUT2D eigenvalue weighted by Gasteiger charge is 2.15. The minimum Gasteiger partial charge on any atom is -0.489 e. The summed E-state index contributed by atoms with van der Waals surface area (Å²) in [6.45, 7) is 6.27. The highest BCUT2D eigenvalue weighted by atomic mass is 35.5. The summed E-state index contributed by atoms with van der Waals surface area (Å²) in [6.07, 6.45) is 1.59. The molecule has 0 saturated carbocycles. The summed E-state index contributed by atoms with van der Waals surface area (Å²) in [5.74, 6) is 6.60. The van der Waals surface area contributed by atoms with Crippen LogP contribution in [-0.2, 0) is 16.1 Å². The van der Waals surface area contributed by atoms with Crippen molar-refractivity contribution in [3.8, 4) is 5.75 Å². The van der Waals surface area contributed by atoms with Crippen LogP contribution in [-0.4, -0.2) is 12.6 Å². The fourth-order valence-corrected chi connectivity index (χ4v) is 3.18. The number of hydrogen-bond acceptors (Lipinski definition) is 5. The molecule has 0 bridgehead atoms. The van der Waals surface area contributed by atoms with Gasteiger partial charge in [0.25, 0.3) is 0 Å². The lowest BCUT2D eigenvalue weighted by molar-refractivity contribution is -0.138. The molecule has 0 amide bonds. The predicted molar refractivity (Wildman–Crippen MR) is 129 cm³/mol. The van der Waals surface area contributed by atoms with Crippen molar-refractivity contribution in [2.24, 2.45) is 5.84 Å². The topological polar surface area (TPSA) is 64.8 Å². The highest BCUT2D eigenvalue weighted by molar-refractivity contribution is 6.30. The van der Waals surface area contributed by atoms with Gasteiger partial charge in [-0.25, -0.2) is 10.6 Å². The first kappa shape index (κ1) is 23.1. The molecule has 0 aromatic heterocycles. The van der Waals surface area contributed by atoms with Crippen molar-refractivity contribution in [3.05, 3.63) is 113 Å². The Morgan fingerprint density at radius 3 is 2.53 bits per heavy atom. The van der Waals surface area contributed by atoms with Crippen LogP contribution < -0.4 is 15.6 Å². The highest BCUT2D eigenvalue weighted by Crippen LogP contribution is 2.29. The summed E-state index contributed by atoms with van der Waals surface area (Å²) in [5.41, 5.74) is 3.16. The summed E-state index contributed by atoms with van der Waals surface area (Å²) in [5, 5.41) is 1.99. The van der Waals surface area contributed by atoms with E-state index >= 15 is 0 Å². The van der Waals surface area contributed by atoms with Gasteiger partial charge in [-0.2, -0.15) is 0 Å². The first-order valence-electron chi connectivity index (χ1n) is 10.1. The van der Waals surface area contributed by atoms with Gasteiger partial charge in [-0.15, -0.1) is 0 Å². The van der Waals surface area contributed by atoms with Gasteiger partial charge in [-0.1, -0.05) is 66.7 Å². The molecule has 0 saturated heterocycles. The van der Waals surface area contributed by atoms with E-state index in [0.717, 1.165) is 11.1 Å². The zero-order chi connectivity index (χ0) is 22.9. The number of carbonyl (C=O) groups is 1. The van der Waals surface area contributed by atoms with Crippen molar-refractivity contribution < 1.29 is 14.3 Å². The number of nitrogens with zero attached hydrogens (tertiary/aromatic N) is 1. The maximum absolute atomic E-state index is 12.2. The molecule has 0 aliphatic carbocycles. The molecule has 0 fully saturated rings.